The maximum absolute atomic E-state index is 10.8. The second kappa shape index (κ2) is 2.66. The lowest BCUT2D eigenvalue weighted by molar-refractivity contribution is 0.416. The van der Waals surface area contributed by atoms with Gasteiger partial charge < -0.3 is 8.89 Å². The van der Waals surface area contributed by atoms with Crippen LogP contribution in [0.2, 0.25) is 19.6 Å². The van der Waals surface area contributed by atoms with Crippen LogP contribution in [-0.4, -0.2) is 23.1 Å². The van der Waals surface area contributed by atoms with E-state index in [1.54, 1.807) is 13.7 Å². The Morgan fingerprint density at radius 1 is 1.50 bits per heavy atom. The van der Waals surface area contributed by atoms with Gasteiger partial charge in [0.2, 0.25) is 7.83 Å². The molecule has 0 bridgehead atoms. The van der Waals surface area contributed by atoms with Gasteiger partial charge in [-0.05, 0) is 19.6 Å². The van der Waals surface area contributed by atoms with E-state index in [0.29, 0.717) is 0 Å². The predicted molar refractivity (Wildman–Crippen MR) is 36.8 cm³/mol. The SMILES string of the molecule is CO[Si](C)(C)[Si](C)=O. The molecular formula is C4H12O2Si2. The minimum atomic E-state index is -1.71. The molecule has 4 heteroatoms. The van der Waals surface area contributed by atoms with Gasteiger partial charge in [-0.1, -0.05) is 0 Å². The van der Waals surface area contributed by atoms with E-state index in [-0.39, 0.29) is 0 Å². The van der Waals surface area contributed by atoms with E-state index in [1.165, 1.54) is 0 Å². The van der Waals surface area contributed by atoms with E-state index in [0.717, 1.165) is 0 Å². The van der Waals surface area contributed by atoms with Crippen LogP contribution in [0.1, 0.15) is 0 Å². The van der Waals surface area contributed by atoms with Crippen LogP contribution in [0.5, 0.6) is 0 Å². The van der Waals surface area contributed by atoms with Crippen molar-refractivity contribution in [2.75, 3.05) is 7.11 Å². The van der Waals surface area contributed by atoms with Crippen LogP contribution in [0.3, 0.4) is 0 Å². The summed E-state index contributed by atoms with van der Waals surface area (Å²) >= 11 is 0. The van der Waals surface area contributed by atoms with Crippen LogP contribution < -0.4 is 0 Å². The normalized spacial score (nSPS) is 11.5. The fraction of sp³-hybridized carbons (Fsp3) is 1.00. The summed E-state index contributed by atoms with van der Waals surface area (Å²) in [6, 6.07) is 0. The molecule has 0 aliphatic heterocycles. The van der Waals surface area contributed by atoms with Crippen molar-refractivity contribution >= 4 is 16.0 Å². The highest BCUT2D eigenvalue weighted by molar-refractivity contribution is 7.22. The minimum absolute atomic E-state index is 1.40. The van der Waals surface area contributed by atoms with Crippen LogP contribution in [0.25, 0.3) is 0 Å². The first-order chi connectivity index (χ1) is 3.50. The standard InChI is InChI=1S/C4H12O2Si2/c1-6-8(3,4)7(2)5/h1-4H3. The Hall–Kier alpha value is 0.194. The van der Waals surface area contributed by atoms with Crippen LogP contribution in [-0.2, 0) is 8.89 Å². The van der Waals surface area contributed by atoms with Gasteiger partial charge in [-0.2, -0.15) is 0 Å². The van der Waals surface area contributed by atoms with E-state index >= 15 is 0 Å². The van der Waals surface area contributed by atoms with Gasteiger partial charge in [0, 0.05) is 7.11 Å². The summed E-state index contributed by atoms with van der Waals surface area (Å²) in [6.45, 7) is 5.70. The van der Waals surface area contributed by atoms with Crippen LogP contribution in [0.4, 0.5) is 0 Å². The second-order valence-electron chi connectivity index (χ2n) is 2.27. The highest BCUT2D eigenvalue weighted by atomic mass is 29.2. The van der Waals surface area contributed by atoms with Gasteiger partial charge in [-0.15, -0.1) is 0 Å². The van der Waals surface area contributed by atoms with Crippen LogP contribution in [0.15, 0.2) is 0 Å². The molecule has 0 rings (SSSR count). The molecule has 0 radical (unpaired) electrons. The topological polar surface area (TPSA) is 26.3 Å². The molecule has 48 valence electrons. The molecule has 0 fully saturated rings. The average Bonchev–Trinajstić information content (AvgIpc) is 1.67. The van der Waals surface area contributed by atoms with Crippen molar-refractivity contribution in [3.05, 3.63) is 0 Å². The largest absolute Gasteiger partial charge is 0.416 e. The molecule has 8 heavy (non-hydrogen) atoms. The molecule has 0 spiro atoms. The van der Waals surface area contributed by atoms with Gasteiger partial charge in [-0.25, -0.2) is 0 Å². The predicted octanol–water partition coefficient (Wildman–Crippen LogP) is 0.968. The lowest BCUT2D eigenvalue weighted by Gasteiger charge is -2.13. The molecule has 0 aromatic carbocycles. The second-order valence-corrected chi connectivity index (χ2v) is 12.5. The van der Waals surface area contributed by atoms with Crippen molar-refractivity contribution in [1.29, 1.82) is 0 Å². The van der Waals surface area contributed by atoms with Gasteiger partial charge in [0.1, 0.15) is 0 Å². The zero-order chi connectivity index (χ0) is 6.78. The number of rotatable bonds is 2. The molecule has 0 atom stereocenters. The molecule has 0 saturated carbocycles. The van der Waals surface area contributed by atoms with Crippen LogP contribution in [0, 0.1) is 0 Å². The zero-order valence-corrected chi connectivity index (χ0v) is 7.82. The lowest BCUT2D eigenvalue weighted by Crippen LogP contribution is -2.39. The van der Waals surface area contributed by atoms with Gasteiger partial charge in [0.25, 0.3) is 8.20 Å². The first kappa shape index (κ1) is 8.19. The Kier molecular flexibility index (Phi) is 2.72. The zero-order valence-electron chi connectivity index (χ0n) is 5.82. The monoisotopic (exact) mass is 148 g/mol. The number of hydrogen-bond acceptors (Lipinski definition) is 2. The smallest absolute Gasteiger partial charge is 0.286 e. The molecule has 0 heterocycles. The molecule has 0 N–H and O–H groups in total. The van der Waals surface area contributed by atoms with Gasteiger partial charge >= 0.3 is 0 Å². The highest BCUT2D eigenvalue weighted by Crippen LogP contribution is 2.00. The first-order valence-electron chi connectivity index (χ1n) is 2.57. The summed E-state index contributed by atoms with van der Waals surface area (Å²) in [6.07, 6.45) is 0. The van der Waals surface area contributed by atoms with E-state index in [1.807, 2.05) is 13.1 Å². The molecule has 2 nitrogen and oxygen atoms in total. The average molecular weight is 148 g/mol. The Labute approximate surface area is 52.4 Å². The highest BCUT2D eigenvalue weighted by Gasteiger charge is 2.28. The van der Waals surface area contributed by atoms with Crippen molar-refractivity contribution < 1.29 is 8.89 Å². The third-order valence-corrected chi connectivity index (χ3v) is 9.77. The van der Waals surface area contributed by atoms with Gasteiger partial charge in [0.05, 0.1) is 0 Å². The van der Waals surface area contributed by atoms with Crippen LogP contribution >= 0.6 is 0 Å². The van der Waals surface area contributed by atoms with E-state index in [2.05, 4.69) is 0 Å². The lowest BCUT2D eigenvalue weighted by atomic mass is 11.8. The van der Waals surface area contributed by atoms with Crippen molar-refractivity contribution in [3.8, 4) is 0 Å². The maximum atomic E-state index is 10.8. The number of hydrogen-bond donors (Lipinski definition) is 0. The Balaban J connectivity index is 3.91. The van der Waals surface area contributed by atoms with E-state index < -0.39 is 16.0 Å². The summed E-state index contributed by atoms with van der Waals surface area (Å²) in [5.41, 5.74) is 0. The molecule has 0 aliphatic carbocycles. The van der Waals surface area contributed by atoms with E-state index in [9.17, 15) is 4.46 Å². The van der Waals surface area contributed by atoms with Crippen molar-refractivity contribution in [2.45, 2.75) is 19.6 Å². The molecule has 0 aromatic rings. The third-order valence-electron chi connectivity index (χ3n) is 1.36. The summed E-state index contributed by atoms with van der Waals surface area (Å²) < 4.78 is 15.9. The van der Waals surface area contributed by atoms with Crippen molar-refractivity contribution in [3.63, 3.8) is 0 Å². The third kappa shape index (κ3) is 1.98. The fourth-order valence-corrected chi connectivity index (χ4v) is 1.29. The summed E-state index contributed by atoms with van der Waals surface area (Å²) in [5.74, 6) is 0. The summed E-state index contributed by atoms with van der Waals surface area (Å²) in [4.78, 5) is 0. The Morgan fingerprint density at radius 2 is 1.88 bits per heavy atom. The molecule has 0 amide bonds. The van der Waals surface area contributed by atoms with Crippen molar-refractivity contribution in [1.82, 2.24) is 0 Å². The minimum Gasteiger partial charge on any atom is -0.416 e. The molecule has 0 aromatic heterocycles. The fourth-order valence-electron chi connectivity index (χ4n) is 0.144. The summed E-state index contributed by atoms with van der Waals surface area (Å²) in [7, 11) is -1.47. The maximum Gasteiger partial charge on any atom is 0.286 e. The summed E-state index contributed by atoms with van der Waals surface area (Å²) in [5, 5.41) is 0. The molecule has 0 unspecified atom stereocenters. The quantitative estimate of drug-likeness (QED) is 0.545. The molecule has 0 aliphatic rings. The molecular weight excluding hydrogens is 136 g/mol. The first-order valence-corrected chi connectivity index (χ1v) is 8.38. The van der Waals surface area contributed by atoms with Crippen molar-refractivity contribution in [2.24, 2.45) is 0 Å². The van der Waals surface area contributed by atoms with Gasteiger partial charge in [-0.3, -0.25) is 0 Å². The Morgan fingerprint density at radius 3 is 1.88 bits per heavy atom. The van der Waals surface area contributed by atoms with E-state index in [4.69, 9.17) is 4.43 Å². The molecule has 0 saturated heterocycles. The Bertz CT molecular complexity index is 100. The van der Waals surface area contributed by atoms with Gasteiger partial charge in [0.15, 0.2) is 0 Å².